The van der Waals surface area contributed by atoms with Gasteiger partial charge in [-0.3, -0.25) is 0 Å². The summed E-state index contributed by atoms with van der Waals surface area (Å²) in [6, 6.07) is 23.3. The van der Waals surface area contributed by atoms with E-state index in [1.54, 1.807) is 14.2 Å². The summed E-state index contributed by atoms with van der Waals surface area (Å²) in [7, 11) is 3.27. The van der Waals surface area contributed by atoms with Gasteiger partial charge in [-0.2, -0.15) is 0 Å². The fraction of sp³-hybridized carbons (Fsp3) is 0.174. The topological polar surface area (TPSA) is 56.8 Å². The Balaban J connectivity index is 1.69. The van der Waals surface area contributed by atoms with Crippen molar-refractivity contribution in [2.24, 2.45) is 0 Å². The maximum absolute atomic E-state index is 12.0. The summed E-state index contributed by atoms with van der Waals surface area (Å²) < 4.78 is 16.2. The van der Waals surface area contributed by atoms with Gasteiger partial charge in [-0.05, 0) is 52.6 Å². The zero-order valence-electron chi connectivity index (χ0n) is 15.7. The Morgan fingerprint density at radius 2 is 1.39 bits per heavy atom. The number of nitrogens with one attached hydrogen (secondary N) is 1. The zero-order valence-corrected chi connectivity index (χ0v) is 15.7. The lowest BCUT2D eigenvalue weighted by atomic mass is 9.93. The fourth-order valence-electron chi connectivity index (χ4n) is 3.47. The Labute approximate surface area is 163 Å². The minimum Gasteiger partial charge on any atom is -0.497 e. The third-order valence-corrected chi connectivity index (χ3v) is 4.88. The molecule has 0 bridgehead atoms. The summed E-state index contributed by atoms with van der Waals surface area (Å²) in [4.78, 5) is 12.0. The number of alkyl carbamates (subject to hydrolysis) is 1. The normalized spacial score (nSPS) is 18.3. The first-order chi connectivity index (χ1) is 13.7. The Morgan fingerprint density at radius 1 is 0.786 bits per heavy atom. The highest BCUT2D eigenvalue weighted by molar-refractivity contribution is 5.72. The predicted molar refractivity (Wildman–Crippen MR) is 107 cm³/mol. The first kappa shape index (κ1) is 17.9. The van der Waals surface area contributed by atoms with Crippen LogP contribution in [0.1, 0.15) is 23.3 Å². The van der Waals surface area contributed by atoms with Crippen LogP contribution in [0.2, 0.25) is 0 Å². The maximum atomic E-state index is 12.0. The molecule has 0 aromatic heterocycles. The number of hydrogen-bond acceptors (Lipinski definition) is 4. The first-order valence-corrected chi connectivity index (χ1v) is 9.03. The maximum Gasteiger partial charge on any atom is 0.408 e. The molecule has 4 rings (SSSR count). The van der Waals surface area contributed by atoms with Crippen LogP contribution in [0.15, 0.2) is 72.8 Å². The standard InChI is InChI=1S/C23H21NO4/c1-26-19-10-4-7-16(13-19)15-6-3-8-17(12-15)21-22(28-23(25)24-21)18-9-5-11-20(14-18)27-2/h3-14,21-22H,1-2H3,(H,24,25)/t21-,22-/m1/s1. The minimum atomic E-state index is -0.428. The molecule has 1 amide bonds. The van der Waals surface area contributed by atoms with Gasteiger partial charge in [0.05, 0.1) is 20.3 Å². The van der Waals surface area contributed by atoms with Crippen molar-refractivity contribution in [1.82, 2.24) is 5.32 Å². The fourth-order valence-corrected chi connectivity index (χ4v) is 3.47. The number of amides is 1. The largest absolute Gasteiger partial charge is 0.497 e. The molecule has 5 nitrogen and oxygen atoms in total. The van der Waals surface area contributed by atoms with Crippen LogP contribution in [-0.4, -0.2) is 20.3 Å². The number of rotatable bonds is 5. The second-order valence-corrected chi connectivity index (χ2v) is 6.58. The minimum absolute atomic E-state index is 0.287. The van der Waals surface area contributed by atoms with Gasteiger partial charge in [-0.25, -0.2) is 4.79 Å². The number of methoxy groups -OCH3 is 2. The second-order valence-electron chi connectivity index (χ2n) is 6.58. The van der Waals surface area contributed by atoms with Gasteiger partial charge < -0.3 is 19.5 Å². The first-order valence-electron chi connectivity index (χ1n) is 9.03. The van der Waals surface area contributed by atoms with E-state index in [2.05, 4.69) is 11.4 Å². The van der Waals surface area contributed by atoms with Gasteiger partial charge in [-0.15, -0.1) is 0 Å². The number of cyclic esters (lactones) is 1. The van der Waals surface area contributed by atoms with Crippen molar-refractivity contribution in [3.63, 3.8) is 0 Å². The molecule has 0 spiro atoms. The van der Waals surface area contributed by atoms with Gasteiger partial charge in [-0.1, -0.05) is 42.5 Å². The summed E-state index contributed by atoms with van der Waals surface area (Å²) in [6.07, 6.45) is -0.854. The van der Waals surface area contributed by atoms with E-state index in [9.17, 15) is 4.79 Å². The molecule has 142 valence electrons. The predicted octanol–water partition coefficient (Wildman–Crippen LogP) is 4.89. The van der Waals surface area contributed by atoms with Crippen molar-refractivity contribution in [1.29, 1.82) is 0 Å². The van der Waals surface area contributed by atoms with Crippen LogP contribution in [0.25, 0.3) is 11.1 Å². The van der Waals surface area contributed by atoms with E-state index < -0.39 is 12.2 Å². The molecule has 1 aliphatic rings. The number of carbonyl (C=O) groups excluding carboxylic acids is 1. The molecule has 1 saturated heterocycles. The molecule has 5 heteroatoms. The molecular formula is C23H21NO4. The number of carbonyl (C=O) groups is 1. The Hall–Kier alpha value is -3.47. The second kappa shape index (κ2) is 7.64. The smallest absolute Gasteiger partial charge is 0.408 e. The van der Waals surface area contributed by atoms with E-state index in [0.717, 1.165) is 33.8 Å². The van der Waals surface area contributed by atoms with Gasteiger partial charge in [0.2, 0.25) is 0 Å². The molecule has 0 aliphatic carbocycles. The summed E-state index contributed by atoms with van der Waals surface area (Å²) >= 11 is 0. The third-order valence-electron chi connectivity index (χ3n) is 4.88. The van der Waals surface area contributed by atoms with E-state index in [1.807, 2.05) is 66.7 Å². The van der Waals surface area contributed by atoms with E-state index in [-0.39, 0.29) is 6.04 Å². The van der Waals surface area contributed by atoms with Crippen LogP contribution in [-0.2, 0) is 4.74 Å². The summed E-state index contributed by atoms with van der Waals surface area (Å²) in [5.74, 6) is 1.53. The van der Waals surface area contributed by atoms with E-state index >= 15 is 0 Å². The summed E-state index contributed by atoms with van der Waals surface area (Å²) in [5, 5.41) is 2.93. The molecule has 0 unspecified atom stereocenters. The molecule has 0 radical (unpaired) electrons. The van der Waals surface area contributed by atoms with Gasteiger partial charge in [0, 0.05) is 0 Å². The van der Waals surface area contributed by atoms with Gasteiger partial charge in [0.25, 0.3) is 0 Å². The van der Waals surface area contributed by atoms with Crippen molar-refractivity contribution in [3.05, 3.63) is 83.9 Å². The molecule has 1 aliphatic heterocycles. The van der Waals surface area contributed by atoms with Crippen LogP contribution in [0.5, 0.6) is 11.5 Å². The molecule has 3 aromatic carbocycles. The number of hydrogen-bond donors (Lipinski definition) is 1. The summed E-state index contributed by atoms with van der Waals surface area (Å²) in [5.41, 5.74) is 3.94. The quantitative estimate of drug-likeness (QED) is 0.690. The SMILES string of the molecule is COc1cccc(-c2cccc([C@H]3NC(=O)O[C@@H]3c3cccc(OC)c3)c2)c1. The molecular weight excluding hydrogens is 354 g/mol. The van der Waals surface area contributed by atoms with E-state index in [0.29, 0.717) is 0 Å². The monoisotopic (exact) mass is 375 g/mol. The molecule has 1 heterocycles. The van der Waals surface area contributed by atoms with Gasteiger partial charge >= 0.3 is 6.09 Å². The third kappa shape index (κ3) is 3.51. The van der Waals surface area contributed by atoms with Gasteiger partial charge in [0.15, 0.2) is 6.10 Å². The van der Waals surface area contributed by atoms with E-state index in [4.69, 9.17) is 14.2 Å². The number of benzene rings is 3. The number of ether oxygens (including phenoxy) is 3. The highest BCUT2D eigenvalue weighted by atomic mass is 16.6. The van der Waals surface area contributed by atoms with Crippen molar-refractivity contribution < 1.29 is 19.0 Å². The average Bonchev–Trinajstić information content (AvgIpc) is 3.15. The highest BCUT2D eigenvalue weighted by Gasteiger charge is 2.36. The van der Waals surface area contributed by atoms with Crippen molar-refractivity contribution in [3.8, 4) is 22.6 Å². The van der Waals surface area contributed by atoms with Crippen molar-refractivity contribution in [2.45, 2.75) is 12.1 Å². The van der Waals surface area contributed by atoms with Crippen molar-refractivity contribution >= 4 is 6.09 Å². The van der Waals surface area contributed by atoms with Gasteiger partial charge in [0.1, 0.15) is 11.5 Å². The summed E-state index contributed by atoms with van der Waals surface area (Å²) in [6.45, 7) is 0. The van der Waals surface area contributed by atoms with Crippen LogP contribution < -0.4 is 14.8 Å². The molecule has 28 heavy (non-hydrogen) atoms. The van der Waals surface area contributed by atoms with E-state index in [1.165, 1.54) is 0 Å². The Morgan fingerprint density at radius 3 is 2.14 bits per heavy atom. The lowest BCUT2D eigenvalue weighted by Crippen LogP contribution is -2.19. The van der Waals surface area contributed by atoms with Crippen LogP contribution >= 0.6 is 0 Å². The molecule has 2 atom stereocenters. The van der Waals surface area contributed by atoms with Crippen LogP contribution in [0.3, 0.4) is 0 Å². The molecule has 1 fully saturated rings. The Kier molecular flexibility index (Phi) is 4.89. The van der Waals surface area contributed by atoms with Crippen molar-refractivity contribution in [2.75, 3.05) is 14.2 Å². The molecule has 0 saturated carbocycles. The Bertz CT molecular complexity index is 1000. The lowest BCUT2D eigenvalue weighted by molar-refractivity contribution is 0.132. The van der Waals surface area contributed by atoms with Crippen LogP contribution in [0, 0.1) is 0 Å². The zero-order chi connectivity index (χ0) is 19.5. The van der Waals surface area contributed by atoms with Crippen LogP contribution in [0.4, 0.5) is 4.79 Å². The average molecular weight is 375 g/mol. The highest BCUT2D eigenvalue weighted by Crippen LogP contribution is 2.38. The molecule has 1 N–H and O–H groups in total. The molecule has 3 aromatic rings. The lowest BCUT2D eigenvalue weighted by Gasteiger charge is -2.19.